The van der Waals surface area contributed by atoms with E-state index in [4.69, 9.17) is 28.8 Å². The number of benzene rings is 2. The van der Waals surface area contributed by atoms with Crippen molar-refractivity contribution in [1.29, 1.82) is 0 Å². The molecule has 1 saturated heterocycles. The summed E-state index contributed by atoms with van der Waals surface area (Å²) in [6.45, 7) is 9.37. The molecule has 1 heterocycles. The van der Waals surface area contributed by atoms with Crippen molar-refractivity contribution in [2.75, 3.05) is 11.9 Å². The largest absolute Gasteiger partial charge is 0.332 e. The molecule has 6 heteroatoms. The lowest BCUT2D eigenvalue weighted by Crippen LogP contribution is -2.36. The molecule has 1 unspecified atom stereocenters. The molecular formula is C20H22ClN3S2. The van der Waals surface area contributed by atoms with Crippen molar-refractivity contribution in [2.24, 2.45) is 4.99 Å². The Morgan fingerprint density at radius 1 is 1.19 bits per heavy atom. The van der Waals surface area contributed by atoms with Crippen molar-refractivity contribution >= 4 is 57.2 Å². The zero-order chi connectivity index (χ0) is 18.8. The molecule has 136 valence electrons. The van der Waals surface area contributed by atoms with Gasteiger partial charge in [0.1, 0.15) is 0 Å². The van der Waals surface area contributed by atoms with Crippen LogP contribution in [0.25, 0.3) is 0 Å². The lowest BCUT2D eigenvalue weighted by Gasteiger charge is -2.20. The van der Waals surface area contributed by atoms with E-state index in [1.54, 1.807) is 11.8 Å². The Hall–Kier alpha value is -1.56. The van der Waals surface area contributed by atoms with Crippen molar-refractivity contribution in [3.63, 3.8) is 0 Å². The predicted molar refractivity (Wildman–Crippen MR) is 119 cm³/mol. The average molecular weight is 404 g/mol. The second-order valence-corrected chi connectivity index (χ2v) is 8.83. The van der Waals surface area contributed by atoms with Crippen LogP contribution in [0, 0.1) is 20.8 Å². The van der Waals surface area contributed by atoms with Crippen molar-refractivity contribution in [3.05, 3.63) is 58.1 Å². The van der Waals surface area contributed by atoms with Crippen LogP contribution in [0.2, 0.25) is 5.02 Å². The fourth-order valence-corrected chi connectivity index (χ4v) is 4.35. The van der Waals surface area contributed by atoms with Gasteiger partial charge in [0.15, 0.2) is 10.3 Å². The van der Waals surface area contributed by atoms with Crippen LogP contribution < -0.4 is 5.32 Å². The van der Waals surface area contributed by atoms with Crippen molar-refractivity contribution in [1.82, 2.24) is 4.90 Å². The summed E-state index contributed by atoms with van der Waals surface area (Å²) >= 11 is 13.5. The van der Waals surface area contributed by atoms with E-state index in [1.807, 2.05) is 24.3 Å². The highest BCUT2D eigenvalue weighted by Crippen LogP contribution is 2.31. The number of hydrogen-bond acceptors (Lipinski definition) is 3. The highest BCUT2D eigenvalue weighted by molar-refractivity contribution is 8.14. The van der Waals surface area contributed by atoms with Gasteiger partial charge in [0.2, 0.25) is 0 Å². The molecule has 0 aliphatic carbocycles. The summed E-state index contributed by atoms with van der Waals surface area (Å²) < 4.78 is 0. The third kappa shape index (κ3) is 4.40. The lowest BCUT2D eigenvalue weighted by atomic mass is 10.1. The van der Waals surface area contributed by atoms with Crippen LogP contribution in [0.5, 0.6) is 0 Å². The van der Waals surface area contributed by atoms with Gasteiger partial charge in [0.25, 0.3) is 0 Å². The minimum Gasteiger partial charge on any atom is -0.332 e. The zero-order valence-electron chi connectivity index (χ0n) is 15.3. The molecule has 2 aromatic rings. The molecule has 1 N–H and O–H groups in total. The number of halogens is 1. The number of amidine groups is 1. The number of nitrogens with zero attached hydrogens (tertiary/aromatic N) is 2. The van der Waals surface area contributed by atoms with Crippen molar-refractivity contribution < 1.29 is 0 Å². The monoisotopic (exact) mass is 403 g/mol. The number of rotatable bonds is 2. The van der Waals surface area contributed by atoms with E-state index in [9.17, 15) is 0 Å². The minimum absolute atomic E-state index is 0.430. The first-order valence-corrected chi connectivity index (χ1v) is 10.2. The molecule has 0 spiro atoms. The fraction of sp³-hybridized carbons (Fsp3) is 0.300. The van der Waals surface area contributed by atoms with E-state index in [0.29, 0.717) is 15.4 Å². The standard InChI is InChI=1S/C20H22ClN3S2/c1-12-8-14(3)18(9-13(12)2)23-20-24(11-15(4)26-20)19(25)22-17-7-5-6-16(21)10-17/h5-10,15H,11H2,1-4H3,(H,22,25)/b23-20+. The third-order valence-electron chi connectivity index (χ3n) is 4.33. The normalized spacial score (nSPS) is 18.4. The maximum atomic E-state index is 6.07. The number of thioether (sulfide) groups is 1. The van der Waals surface area contributed by atoms with Crippen LogP contribution in [0.3, 0.4) is 0 Å². The molecule has 0 saturated carbocycles. The highest BCUT2D eigenvalue weighted by Gasteiger charge is 2.29. The Kier molecular flexibility index (Phi) is 5.90. The summed E-state index contributed by atoms with van der Waals surface area (Å²) in [5, 5.41) is 5.96. The van der Waals surface area contributed by atoms with E-state index in [2.05, 4.69) is 50.0 Å². The molecule has 1 atom stereocenters. The molecule has 0 radical (unpaired) electrons. The number of aliphatic imine (C=N–C) groups is 1. The Bertz CT molecular complexity index is 879. The third-order valence-corrected chi connectivity index (χ3v) is 5.96. The first-order chi connectivity index (χ1) is 12.3. The fourth-order valence-electron chi connectivity index (χ4n) is 2.80. The minimum atomic E-state index is 0.430. The maximum absolute atomic E-state index is 6.07. The number of aryl methyl sites for hydroxylation is 3. The van der Waals surface area contributed by atoms with Gasteiger partial charge in [-0.05, 0) is 73.9 Å². The van der Waals surface area contributed by atoms with Crippen molar-refractivity contribution in [3.8, 4) is 0 Å². The maximum Gasteiger partial charge on any atom is 0.179 e. The van der Waals surface area contributed by atoms with Crippen LogP contribution in [0.15, 0.2) is 41.4 Å². The molecule has 0 amide bonds. The van der Waals surface area contributed by atoms with E-state index in [1.165, 1.54) is 16.7 Å². The summed E-state index contributed by atoms with van der Waals surface area (Å²) in [5.41, 5.74) is 5.59. The molecule has 26 heavy (non-hydrogen) atoms. The Morgan fingerprint density at radius 2 is 1.92 bits per heavy atom. The van der Waals surface area contributed by atoms with Crippen LogP contribution in [0.4, 0.5) is 11.4 Å². The molecular weight excluding hydrogens is 382 g/mol. The first-order valence-electron chi connectivity index (χ1n) is 8.51. The number of nitrogens with one attached hydrogen (secondary N) is 1. The number of hydrogen-bond donors (Lipinski definition) is 1. The molecule has 0 aromatic heterocycles. The molecule has 1 aliphatic rings. The second-order valence-electron chi connectivity index (χ2n) is 6.60. The van der Waals surface area contributed by atoms with Gasteiger partial charge in [-0.2, -0.15) is 0 Å². The Labute approximate surface area is 169 Å². The van der Waals surface area contributed by atoms with E-state index in [-0.39, 0.29) is 0 Å². The Morgan fingerprint density at radius 3 is 2.65 bits per heavy atom. The highest BCUT2D eigenvalue weighted by atomic mass is 35.5. The van der Waals surface area contributed by atoms with Crippen LogP contribution in [0.1, 0.15) is 23.6 Å². The SMILES string of the molecule is Cc1cc(C)c(/N=C2/SC(C)CN2C(=S)Nc2cccc(Cl)c2)cc1C. The topological polar surface area (TPSA) is 27.6 Å². The number of anilines is 1. The van der Waals surface area contributed by atoms with Gasteiger partial charge in [-0.25, -0.2) is 4.99 Å². The summed E-state index contributed by atoms with van der Waals surface area (Å²) in [4.78, 5) is 6.99. The molecule has 0 bridgehead atoms. The molecule has 1 fully saturated rings. The molecule has 2 aromatic carbocycles. The van der Waals surface area contributed by atoms with Gasteiger partial charge in [-0.15, -0.1) is 0 Å². The molecule has 1 aliphatic heterocycles. The lowest BCUT2D eigenvalue weighted by molar-refractivity contribution is 0.641. The predicted octanol–water partition coefficient (Wildman–Crippen LogP) is 6.09. The van der Waals surface area contributed by atoms with Gasteiger partial charge in [-0.3, -0.25) is 4.90 Å². The van der Waals surface area contributed by atoms with Crippen LogP contribution in [-0.2, 0) is 0 Å². The quantitative estimate of drug-likeness (QED) is 0.614. The zero-order valence-corrected chi connectivity index (χ0v) is 17.7. The second kappa shape index (κ2) is 7.99. The van der Waals surface area contributed by atoms with Gasteiger partial charge < -0.3 is 5.32 Å². The summed E-state index contributed by atoms with van der Waals surface area (Å²) in [7, 11) is 0. The first kappa shape index (κ1) is 19.2. The molecule has 3 nitrogen and oxygen atoms in total. The molecule has 3 rings (SSSR count). The summed E-state index contributed by atoms with van der Waals surface area (Å²) in [5.74, 6) is 0. The van der Waals surface area contributed by atoms with Gasteiger partial charge in [-0.1, -0.05) is 42.4 Å². The van der Waals surface area contributed by atoms with Crippen molar-refractivity contribution in [2.45, 2.75) is 32.9 Å². The van der Waals surface area contributed by atoms with Gasteiger partial charge in [0.05, 0.1) is 5.69 Å². The van der Waals surface area contributed by atoms with Crippen LogP contribution in [-0.4, -0.2) is 27.0 Å². The van der Waals surface area contributed by atoms with E-state index in [0.717, 1.165) is 23.1 Å². The van der Waals surface area contributed by atoms with E-state index >= 15 is 0 Å². The Balaban J connectivity index is 1.86. The average Bonchev–Trinajstić information content (AvgIpc) is 2.93. The number of thiocarbonyl (C=S) groups is 1. The summed E-state index contributed by atoms with van der Waals surface area (Å²) in [6.07, 6.45) is 0. The van der Waals surface area contributed by atoms with Gasteiger partial charge >= 0.3 is 0 Å². The van der Waals surface area contributed by atoms with Gasteiger partial charge in [0, 0.05) is 22.5 Å². The summed E-state index contributed by atoms with van der Waals surface area (Å²) in [6, 6.07) is 11.9. The van der Waals surface area contributed by atoms with Crippen LogP contribution >= 0.6 is 35.6 Å². The van der Waals surface area contributed by atoms with E-state index < -0.39 is 0 Å². The smallest absolute Gasteiger partial charge is 0.179 e.